The third-order valence-electron chi connectivity index (χ3n) is 4.54. The van der Waals surface area contributed by atoms with Crippen molar-refractivity contribution in [2.75, 3.05) is 32.8 Å². The van der Waals surface area contributed by atoms with Gasteiger partial charge in [-0.15, -0.1) is 0 Å². The third-order valence-corrected chi connectivity index (χ3v) is 4.54. The Hall–Kier alpha value is -2.17. The lowest BCUT2D eigenvalue weighted by Crippen LogP contribution is -2.42. The molecule has 2 rings (SSSR count). The number of hydrogen-bond donors (Lipinski definition) is 0. The number of esters is 1. The molecule has 0 aromatic heterocycles. The number of carbonyl (C=O) groups is 1. The molecule has 0 bridgehead atoms. The Morgan fingerprint density at radius 3 is 1.81 bits per heavy atom. The van der Waals surface area contributed by atoms with Gasteiger partial charge in [-0.1, -0.05) is 74.5 Å². The van der Waals surface area contributed by atoms with Crippen LogP contribution in [0, 0.1) is 0 Å². The van der Waals surface area contributed by atoms with Gasteiger partial charge in [-0.05, 0) is 31.1 Å². The zero-order chi connectivity index (χ0) is 18.8. The highest BCUT2D eigenvalue weighted by atomic mass is 16.6. The molecule has 4 heteroatoms. The van der Waals surface area contributed by atoms with Crippen LogP contribution in [-0.4, -0.2) is 43.7 Å². The van der Waals surface area contributed by atoms with Gasteiger partial charge in [-0.25, -0.2) is 4.79 Å². The third kappa shape index (κ3) is 4.51. The highest BCUT2D eigenvalue weighted by molar-refractivity contribution is 5.85. The van der Waals surface area contributed by atoms with E-state index in [0.29, 0.717) is 19.8 Å². The normalized spacial score (nSPS) is 11.5. The Morgan fingerprint density at radius 2 is 1.38 bits per heavy atom. The van der Waals surface area contributed by atoms with Crippen molar-refractivity contribution in [3.8, 4) is 0 Å². The van der Waals surface area contributed by atoms with Crippen LogP contribution in [-0.2, 0) is 19.9 Å². The molecule has 0 unspecified atom stereocenters. The summed E-state index contributed by atoms with van der Waals surface area (Å²) < 4.78 is 11.8. The van der Waals surface area contributed by atoms with Gasteiger partial charge < -0.3 is 14.4 Å². The van der Waals surface area contributed by atoms with Crippen molar-refractivity contribution < 1.29 is 14.3 Å². The topological polar surface area (TPSA) is 38.8 Å². The molecule has 140 valence electrons. The van der Waals surface area contributed by atoms with Gasteiger partial charge in [-0.2, -0.15) is 0 Å². The molecule has 2 aromatic rings. The molecular weight excluding hydrogens is 326 g/mol. The Balaban J connectivity index is 2.35. The van der Waals surface area contributed by atoms with E-state index in [-0.39, 0.29) is 5.97 Å². The molecule has 0 aliphatic rings. The monoisotopic (exact) mass is 355 g/mol. The molecule has 26 heavy (non-hydrogen) atoms. The van der Waals surface area contributed by atoms with Gasteiger partial charge in [0.25, 0.3) is 0 Å². The number of nitrogens with zero attached hydrogens (tertiary/aromatic N) is 1. The van der Waals surface area contributed by atoms with E-state index in [9.17, 15) is 4.79 Å². The smallest absolute Gasteiger partial charge is 0.347 e. The fourth-order valence-corrected chi connectivity index (χ4v) is 3.10. The van der Waals surface area contributed by atoms with E-state index in [0.717, 1.165) is 24.2 Å². The minimum atomic E-state index is -1.25. The molecule has 0 spiro atoms. The second-order valence-electron chi connectivity index (χ2n) is 6.01. The van der Waals surface area contributed by atoms with Gasteiger partial charge in [0.1, 0.15) is 6.61 Å². The summed E-state index contributed by atoms with van der Waals surface area (Å²) >= 11 is 0. The summed E-state index contributed by atoms with van der Waals surface area (Å²) in [6, 6.07) is 19.1. The van der Waals surface area contributed by atoms with Crippen molar-refractivity contribution in [3.63, 3.8) is 0 Å². The SMILES string of the molecule is CCOC(C(=O)OCCN(CC)CC)(c1ccccc1)c1ccccc1. The van der Waals surface area contributed by atoms with Crippen LogP contribution in [0.4, 0.5) is 0 Å². The molecule has 0 N–H and O–H groups in total. The van der Waals surface area contributed by atoms with Crippen LogP contribution >= 0.6 is 0 Å². The predicted octanol–water partition coefficient (Wildman–Crippen LogP) is 3.85. The van der Waals surface area contributed by atoms with Gasteiger partial charge in [0.2, 0.25) is 5.60 Å². The molecule has 0 saturated carbocycles. The Bertz CT molecular complexity index is 614. The van der Waals surface area contributed by atoms with E-state index < -0.39 is 5.60 Å². The Kier molecular flexibility index (Phi) is 7.82. The summed E-state index contributed by atoms with van der Waals surface area (Å²) in [5.41, 5.74) is 0.308. The van der Waals surface area contributed by atoms with E-state index in [2.05, 4.69) is 18.7 Å². The number of benzene rings is 2. The quantitative estimate of drug-likeness (QED) is 0.607. The van der Waals surface area contributed by atoms with Crippen LogP contribution in [0.2, 0.25) is 0 Å². The fraction of sp³-hybridized carbons (Fsp3) is 0.409. The second kappa shape index (κ2) is 10.1. The maximum Gasteiger partial charge on any atom is 0.347 e. The average Bonchev–Trinajstić information content (AvgIpc) is 2.70. The van der Waals surface area contributed by atoms with Gasteiger partial charge in [0.05, 0.1) is 0 Å². The summed E-state index contributed by atoms with van der Waals surface area (Å²) in [5, 5.41) is 0. The maximum absolute atomic E-state index is 13.2. The Labute approximate surface area is 156 Å². The molecule has 0 aliphatic heterocycles. The lowest BCUT2D eigenvalue weighted by molar-refractivity contribution is -0.168. The fourth-order valence-electron chi connectivity index (χ4n) is 3.10. The van der Waals surface area contributed by atoms with Gasteiger partial charge in [0.15, 0.2) is 0 Å². The lowest BCUT2D eigenvalue weighted by atomic mass is 9.86. The first-order chi connectivity index (χ1) is 12.7. The maximum atomic E-state index is 13.2. The summed E-state index contributed by atoms with van der Waals surface area (Å²) in [6.45, 7) is 9.41. The molecule has 0 aliphatic carbocycles. The first-order valence-electron chi connectivity index (χ1n) is 9.33. The van der Waals surface area contributed by atoms with Crippen molar-refractivity contribution >= 4 is 5.97 Å². The first kappa shape index (κ1) is 20.1. The molecule has 2 aromatic carbocycles. The standard InChI is InChI=1S/C22H29NO3/c1-4-23(5-2)17-18-25-21(24)22(26-6-3,19-13-9-7-10-14-19)20-15-11-8-12-16-20/h7-16H,4-6,17-18H2,1-3H3. The summed E-state index contributed by atoms with van der Waals surface area (Å²) in [4.78, 5) is 15.5. The van der Waals surface area contributed by atoms with Crippen LogP contribution < -0.4 is 0 Å². The zero-order valence-corrected chi connectivity index (χ0v) is 16.0. The number of ether oxygens (including phenoxy) is 2. The molecule has 0 amide bonds. The zero-order valence-electron chi connectivity index (χ0n) is 16.0. The van der Waals surface area contributed by atoms with Crippen LogP contribution in [0.1, 0.15) is 31.9 Å². The number of likely N-dealkylation sites (N-methyl/N-ethyl adjacent to an activating group) is 1. The summed E-state index contributed by atoms with van der Waals surface area (Å²) in [6.07, 6.45) is 0. The number of carbonyl (C=O) groups excluding carboxylic acids is 1. The van der Waals surface area contributed by atoms with Crippen molar-refractivity contribution in [2.45, 2.75) is 26.4 Å². The van der Waals surface area contributed by atoms with Crippen molar-refractivity contribution in [2.24, 2.45) is 0 Å². The lowest BCUT2D eigenvalue weighted by Gasteiger charge is -2.32. The number of hydrogen-bond acceptors (Lipinski definition) is 4. The molecule has 0 fully saturated rings. The van der Waals surface area contributed by atoms with Gasteiger partial charge in [0, 0.05) is 13.2 Å². The molecule has 4 nitrogen and oxygen atoms in total. The van der Waals surface area contributed by atoms with E-state index in [1.165, 1.54) is 0 Å². The van der Waals surface area contributed by atoms with Crippen LogP contribution in [0.3, 0.4) is 0 Å². The van der Waals surface area contributed by atoms with E-state index in [1.807, 2.05) is 67.6 Å². The van der Waals surface area contributed by atoms with E-state index >= 15 is 0 Å². The second-order valence-corrected chi connectivity index (χ2v) is 6.01. The average molecular weight is 355 g/mol. The van der Waals surface area contributed by atoms with E-state index in [4.69, 9.17) is 9.47 Å². The summed E-state index contributed by atoms with van der Waals surface area (Å²) in [7, 11) is 0. The van der Waals surface area contributed by atoms with Crippen LogP contribution in [0.5, 0.6) is 0 Å². The molecular formula is C22H29NO3. The number of rotatable bonds is 10. The van der Waals surface area contributed by atoms with Crippen LogP contribution in [0.15, 0.2) is 60.7 Å². The van der Waals surface area contributed by atoms with Gasteiger partial charge >= 0.3 is 5.97 Å². The minimum absolute atomic E-state index is 0.342. The Morgan fingerprint density at radius 1 is 0.885 bits per heavy atom. The molecule has 0 atom stereocenters. The van der Waals surface area contributed by atoms with Crippen molar-refractivity contribution in [3.05, 3.63) is 71.8 Å². The van der Waals surface area contributed by atoms with Crippen molar-refractivity contribution in [1.29, 1.82) is 0 Å². The van der Waals surface area contributed by atoms with Gasteiger partial charge in [-0.3, -0.25) is 0 Å². The largest absolute Gasteiger partial charge is 0.462 e. The summed E-state index contributed by atoms with van der Waals surface area (Å²) in [5.74, 6) is -0.371. The predicted molar refractivity (Wildman–Crippen MR) is 104 cm³/mol. The van der Waals surface area contributed by atoms with E-state index in [1.54, 1.807) is 0 Å². The highest BCUT2D eigenvalue weighted by Gasteiger charge is 2.44. The highest BCUT2D eigenvalue weighted by Crippen LogP contribution is 2.35. The molecule has 0 saturated heterocycles. The minimum Gasteiger partial charge on any atom is -0.462 e. The van der Waals surface area contributed by atoms with Crippen molar-refractivity contribution in [1.82, 2.24) is 4.90 Å². The van der Waals surface area contributed by atoms with Crippen LogP contribution in [0.25, 0.3) is 0 Å². The molecule has 0 heterocycles. The first-order valence-corrected chi connectivity index (χ1v) is 9.33. The molecule has 0 radical (unpaired) electrons.